The molecule has 0 spiro atoms. The largest absolute Gasteiger partial charge is 0.495 e. The molecule has 0 bridgehead atoms. The maximum Gasteiger partial charge on any atom is 0.224 e. The zero-order valence-corrected chi connectivity index (χ0v) is 18.5. The van der Waals surface area contributed by atoms with Gasteiger partial charge in [0.1, 0.15) is 17.6 Å². The molecule has 2 aromatic carbocycles. The van der Waals surface area contributed by atoms with Gasteiger partial charge in [0.05, 0.1) is 18.2 Å². The van der Waals surface area contributed by atoms with Crippen LogP contribution in [0.2, 0.25) is 5.02 Å². The topological polar surface area (TPSA) is 76.8 Å². The van der Waals surface area contributed by atoms with Crippen molar-refractivity contribution in [3.05, 3.63) is 52.0 Å². The van der Waals surface area contributed by atoms with Gasteiger partial charge in [-0.1, -0.05) is 11.6 Å². The predicted molar refractivity (Wildman–Crippen MR) is 121 cm³/mol. The number of piperidine rings is 1. The lowest BCUT2D eigenvalue weighted by molar-refractivity contribution is -0.116. The van der Waals surface area contributed by atoms with Gasteiger partial charge in [0.2, 0.25) is 5.91 Å². The molecule has 0 aromatic heterocycles. The summed E-state index contributed by atoms with van der Waals surface area (Å²) in [5.74, 6) is 1.54. The van der Waals surface area contributed by atoms with Crippen molar-refractivity contribution >= 4 is 23.2 Å². The van der Waals surface area contributed by atoms with Crippen molar-refractivity contribution in [3.8, 4) is 11.5 Å². The van der Waals surface area contributed by atoms with E-state index in [1.165, 1.54) is 5.56 Å². The van der Waals surface area contributed by atoms with E-state index < -0.39 is 0 Å². The fraction of sp³-hybridized carbons (Fsp3) is 0.458. The number of hydrogen-bond acceptors (Lipinski definition) is 5. The molecule has 2 heterocycles. The first-order chi connectivity index (χ1) is 15.0. The average molecular weight is 442 g/mol. The molecular formula is C24H28ClN3O3. The molecule has 3 aliphatic rings. The molecule has 1 aliphatic carbocycles. The van der Waals surface area contributed by atoms with E-state index in [4.69, 9.17) is 26.8 Å². The summed E-state index contributed by atoms with van der Waals surface area (Å²) >= 11 is 6.43. The zero-order valence-electron chi connectivity index (χ0n) is 17.7. The number of fused-ring (bicyclic) bond motifs is 2. The molecule has 6 nitrogen and oxygen atoms in total. The Morgan fingerprint density at radius 3 is 2.87 bits per heavy atom. The Balaban J connectivity index is 1.48. The monoisotopic (exact) mass is 441 g/mol. The van der Waals surface area contributed by atoms with Crippen LogP contribution in [0.1, 0.15) is 42.1 Å². The molecular weight excluding hydrogens is 414 g/mol. The summed E-state index contributed by atoms with van der Waals surface area (Å²) in [5, 5.41) is 3.56. The molecule has 2 aromatic rings. The molecule has 31 heavy (non-hydrogen) atoms. The van der Waals surface area contributed by atoms with E-state index in [-0.39, 0.29) is 24.1 Å². The predicted octanol–water partition coefficient (Wildman–Crippen LogP) is 3.70. The van der Waals surface area contributed by atoms with E-state index in [0.717, 1.165) is 61.3 Å². The number of ether oxygens (including phenoxy) is 2. The number of carbonyl (C=O) groups is 1. The number of hydrogen-bond donors (Lipinski definition) is 2. The van der Waals surface area contributed by atoms with Crippen molar-refractivity contribution in [1.82, 2.24) is 4.90 Å². The summed E-state index contributed by atoms with van der Waals surface area (Å²) in [7, 11) is 1.64. The van der Waals surface area contributed by atoms with Crippen molar-refractivity contribution in [1.29, 1.82) is 0 Å². The first-order valence-electron chi connectivity index (χ1n) is 11.0. The average Bonchev–Trinajstić information content (AvgIpc) is 3.10. The van der Waals surface area contributed by atoms with E-state index in [2.05, 4.69) is 16.3 Å². The number of nitrogens with two attached hydrogens (primary N) is 1. The Morgan fingerprint density at radius 2 is 2.06 bits per heavy atom. The summed E-state index contributed by atoms with van der Waals surface area (Å²) in [6.45, 7) is 1.90. The van der Waals surface area contributed by atoms with Crippen LogP contribution in [0, 0.1) is 0 Å². The fourth-order valence-electron chi connectivity index (χ4n) is 5.13. The Kier molecular flexibility index (Phi) is 5.54. The maximum atomic E-state index is 11.7. The standard InChI is InChI=1S/C24H28ClN3O3/c1-30-22-12-18-15(10-19(22)25)11-21(28-8-2-3-16(26)13-28)24(18)31-17-5-6-20-14(9-17)4-7-23(29)27-20/h5-6,9-10,12,16,21,24H,2-4,7-8,11,13,26H2,1H3,(H,27,29). The van der Waals surface area contributed by atoms with Gasteiger partial charge in [-0.15, -0.1) is 0 Å². The second kappa shape index (κ2) is 8.34. The molecule has 2 aliphatic heterocycles. The van der Waals surface area contributed by atoms with E-state index in [0.29, 0.717) is 17.2 Å². The summed E-state index contributed by atoms with van der Waals surface area (Å²) in [5.41, 5.74) is 10.6. The minimum absolute atomic E-state index is 0.0661. The van der Waals surface area contributed by atoms with Gasteiger partial charge < -0.3 is 20.5 Å². The second-order valence-corrected chi connectivity index (χ2v) is 9.17. The van der Waals surface area contributed by atoms with Crippen molar-refractivity contribution in [2.24, 2.45) is 5.73 Å². The maximum absolute atomic E-state index is 11.7. The van der Waals surface area contributed by atoms with Crippen molar-refractivity contribution in [2.45, 2.75) is 50.3 Å². The van der Waals surface area contributed by atoms with Crippen LogP contribution in [0.15, 0.2) is 30.3 Å². The van der Waals surface area contributed by atoms with Gasteiger partial charge in [-0.2, -0.15) is 0 Å². The Labute approximate surface area is 187 Å². The quantitative estimate of drug-likeness (QED) is 0.756. The highest BCUT2D eigenvalue weighted by atomic mass is 35.5. The molecule has 7 heteroatoms. The summed E-state index contributed by atoms with van der Waals surface area (Å²) in [4.78, 5) is 14.1. The Hall–Kier alpha value is -2.28. The van der Waals surface area contributed by atoms with Crippen LogP contribution in [-0.2, 0) is 17.6 Å². The number of carbonyl (C=O) groups excluding carboxylic acids is 1. The summed E-state index contributed by atoms with van der Waals surface area (Å²) in [6, 6.07) is 10.4. The van der Waals surface area contributed by atoms with Crippen molar-refractivity contribution in [3.63, 3.8) is 0 Å². The highest BCUT2D eigenvalue weighted by Gasteiger charge is 2.40. The van der Waals surface area contributed by atoms with Crippen LogP contribution in [0.25, 0.3) is 0 Å². The normalized spacial score (nSPS) is 25.5. The molecule has 0 radical (unpaired) electrons. The van der Waals surface area contributed by atoms with Gasteiger partial charge >= 0.3 is 0 Å². The van der Waals surface area contributed by atoms with Crippen molar-refractivity contribution in [2.75, 3.05) is 25.5 Å². The minimum Gasteiger partial charge on any atom is -0.495 e. The number of methoxy groups -OCH3 is 1. The van der Waals surface area contributed by atoms with Gasteiger partial charge in [-0.25, -0.2) is 0 Å². The highest BCUT2D eigenvalue weighted by Crippen LogP contribution is 2.43. The summed E-state index contributed by atoms with van der Waals surface area (Å²) in [6.07, 6.45) is 4.14. The minimum atomic E-state index is -0.136. The van der Waals surface area contributed by atoms with Gasteiger partial charge in [0.15, 0.2) is 0 Å². The third-order valence-corrected chi connectivity index (χ3v) is 6.99. The van der Waals surface area contributed by atoms with Gasteiger partial charge in [0, 0.05) is 30.3 Å². The molecule has 3 N–H and O–H groups in total. The fourth-order valence-corrected chi connectivity index (χ4v) is 5.40. The number of anilines is 1. The number of amides is 1. The third-order valence-electron chi connectivity index (χ3n) is 6.69. The molecule has 0 saturated carbocycles. The summed E-state index contributed by atoms with van der Waals surface area (Å²) < 4.78 is 12.1. The van der Waals surface area contributed by atoms with Crippen LogP contribution >= 0.6 is 11.6 Å². The van der Waals surface area contributed by atoms with Gasteiger partial charge in [0.25, 0.3) is 0 Å². The first kappa shape index (κ1) is 20.6. The van der Waals surface area contributed by atoms with Gasteiger partial charge in [-0.3, -0.25) is 9.69 Å². The number of nitrogens with one attached hydrogen (secondary N) is 1. The second-order valence-electron chi connectivity index (χ2n) is 8.76. The van der Waals surface area contributed by atoms with Crippen molar-refractivity contribution < 1.29 is 14.3 Å². The number of nitrogens with zero attached hydrogens (tertiary/aromatic N) is 1. The number of rotatable bonds is 4. The molecule has 1 amide bonds. The van der Waals surface area contributed by atoms with E-state index >= 15 is 0 Å². The van der Waals surface area contributed by atoms with Crippen LogP contribution in [0.3, 0.4) is 0 Å². The smallest absolute Gasteiger partial charge is 0.224 e. The molecule has 1 saturated heterocycles. The number of benzene rings is 2. The lowest BCUT2D eigenvalue weighted by Crippen LogP contribution is -2.49. The SMILES string of the molecule is COc1cc2c(cc1Cl)CC(N1CCCC(N)C1)C2Oc1ccc2c(c1)CCC(=O)N2. The van der Waals surface area contributed by atoms with Crippen LogP contribution in [0.5, 0.6) is 11.5 Å². The molecule has 164 valence electrons. The number of aryl methyl sites for hydroxylation is 1. The van der Waals surface area contributed by atoms with E-state index in [9.17, 15) is 4.79 Å². The highest BCUT2D eigenvalue weighted by molar-refractivity contribution is 6.32. The van der Waals surface area contributed by atoms with Crippen LogP contribution in [0.4, 0.5) is 5.69 Å². The van der Waals surface area contributed by atoms with Crippen LogP contribution in [-0.4, -0.2) is 43.1 Å². The molecule has 3 unspecified atom stereocenters. The van der Waals surface area contributed by atoms with E-state index in [1.54, 1.807) is 7.11 Å². The first-order valence-corrected chi connectivity index (χ1v) is 11.3. The number of likely N-dealkylation sites (tertiary alicyclic amines) is 1. The molecule has 5 rings (SSSR count). The molecule has 3 atom stereocenters. The number of halogens is 1. The lowest BCUT2D eigenvalue weighted by atomic mass is 10.0. The molecule has 1 fully saturated rings. The van der Waals surface area contributed by atoms with Crippen LogP contribution < -0.4 is 20.5 Å². The van der Waals surface area contributed by atoms with Gasteiger partial charge in [-0.05, 0) is 73.7 Å². The van der Waals surface area contributed by atoms with E-state index in [1.807, 2.05) is 24.3 Å². The zero-order chi connectivity index (χ0) is 21.5. The Morgan fingerprint density at radius 1 is 1.19 bits per heavy atom. The Bertz CT molecular complexity index is 1010. The third kappa shape index (κ3) is 4.00. The lowest BCUT2D eigenvalue weighted by Gasteiger charge is -2.38.